The van der Waals surface area contributed by atoms with E-state index in [2.05, 4.69) is 39.1 Å². The highest BCUT2D eigenvalue weighted by atomic mass is 16.2. The number of amides is 1. The van der Waals surface area contributed by atoms with Gasteiger partial charge in [0.05, 0.1) is 11.4 Å². The van der Waals surface area contributed by atoms with E-state index in [1.807, 2.05) is 6.07 Å². The van der Waals surface area contributed by atoms with Gasteiger partial charge in [-0.1, -0.05) is 30.3 Å². The fourth-order valence-electron chi connectivity index (χ4n) is 4.70. The third kappa shape index (κ3) is 3.88. The summed E-state index contributed by atoms with van der Waals surface area (Å²) >= 11 is 0. The fraction of sp³-hybridized carbons (Fsp3) is 0.500. The van der Waals surface area contributed by atoms with Crippen molar-refractivity contribution in [1.82, 2.24) is 14.9 Å². The molecule has 2 atom stereocenters. The van der Waals surface area contributed by atoms with Crippen molar-refractivity contribution in [3.63, 3.8) is 0 Å². The van der Waals surface area contributed by atoms with Crippen LogP contribution in [-0.2, 0) is 24.1 Å². The van der Waals surface area contributed by atoms with E-state index in [1.54, 1.807) is 12.4 Å². The molecule has 0 radical (unpaired) electrons. The molecule has 1 fully saturated rings. The maximum atomic E-state index is 13.4. The molecule has 1 saturated heterocycles. The second-order valence-electron chi connectivity index (χ2n) is 7.84. The second kappa shape index (κ2) is 8.17. The van der Waals surface area contributed by atoms with Crippen LogP contribution in [0.5, 0.6) is 0 Å². The average Bonchev–Trinajstić information content (AvgIpc) is 3.16. The Balaban J connectivity index is 1.49. The van der Waals surface area contributed by atoms with Gasteiger partial charge in [-0.15, -0.1) is 0 Å². The van der Waals surface area contributed by atoms with E-state index in [0.29, 0.717) is 12.5 Å². The Morgan fingerprint density at radius 1 is 1.11 bits per heavy atom. The van der Waals surface area contributed by atoms with Crippen LogP contribution in [-0.4, -0.2) is 39.9 Å². The molecule has 0 saturated carbocycles. The quantitative estimate of drug-likeness (QED) is 0.884. The van der Waals surface area contributed by atoms with E-state index >= 15 is 0 Å². The lowest BCUT2D eigenvalue weighted by molar-refractivity contribution is -0.140. The summed E-state index contributed by atoms with van der Waals surface area (Å²) in [6.45, 7) is 1.46. The third-order valence-corrected chi connectivity index (χ3v) is 6.11. The first kappa shape index (κ1) is 18.1. The Morgan fingerprint density at radius 2 is 1.81 bits per heavy atom. The van der Waals surface area contributed by atoms with Crippen LogP contribution in [0.1, 0.15) is 36.2 Å². The molecule has 4 rings (SSSR count). The predicted molar refractivity (Wildman–Crippen MR) is 105 cm³/mol. The molecule has 0 bridgehead atoms. The van der Waals surface area contributed by atoms with Gasteiger partial charge in [-0.05, 0) is 43.7 Å². The minimum Gasteiger partial charge on any atom is -0.339 e. The minimum atomic E-state index is -0.0156. The Kier molecular flexibility index (Phi) is 5.48. The molecule has 27 heavy (non-hydrogen) atoms. The number of carbonyl (C=O) groups excluding carboxylic acids is 1. The minimum absolute atomic E-state index is 0.0156. The highest BCUT2D eigenvalue weighted by molar-refractivity contribution is 5.80. The summed E-state index contributed by atoms with van der Waals surface area (Å²) in [6, 6.07) is 10.7. The summed E-state index contributed by atoms with van der Waals surface area (Å²) in [5.41, 5.74) is 9.46. The molecule has 1 aromatic heterocycles. The maximum Gasteiger partial charge on any atom is 0.226 e. The molecule has 2 aromatic rings. The van der Waals surface area contributed by atoms with Crippen molar-refractivity contribution in [1.29, 1.82) is 0 Å². The van der Waals surface area contributed by atoms with Crippen molar-refractivity contribution in [3.05, 3.63) is 59.7 Å². The number of carbonyl (C=O) groups is 1. The molecule has 2 heterocycles. The fourth-order valence-corrected chi connectivity index (χ4v) is 4.70. The Hall–Kier alpha value is -2.27. The van der Waals surface area contributed by atoms with Crippen molar-refractivity contribution in [2.24, 2.45) is 17.6 Å². The van der Waals surface area contributed by atoms with Gasteiger partial charge in [0.25, 0.3) is 0 Å². The van der Waals surface area contributed by atoms with E-state index < -0.39 is 0 Å². The van der Waals surface area contributed by atoms with Crippen LogP contribution in [0.3, 0.4) is 0 Å². The number of aromatic nitrogens is 2. The number of fused-ring (bicyclic) bond motifs is 1. The summed E-state index contributed by atoms with van der Waals surface area (Å²) in [6.07, 6.45) is 9.12. The standard InChI is InChI=1S/C22H28N4O/c23-15-18(12-16-6-2-1-3-7-16)21-8-4-5-11-26(21)22(27)17-13-19-20(14-17)25-10-9-24-19/h1-3,6-7,9-10,17-18,21H,4-5,8,11-15,23H2. The molecule has 5 heteroatoms. The van der Waals surface area contributed by atoms with Crippen molar-refractivity contribution in [3.8, 4) is 0 Å². The second-order valence-corrected chi connectivity index (χ2v) is 7.84. The van der Waals surface area contributed by atoms with Gasteiger partial charge in [-0.25, -0.2) is 0 Å². The van der Waals surface area contributed by atoms with Gasteiger partial charge in [0.15, 0.2) is 0 Å². The first-order chi connectivity index (χ1) is 13.3. The largest absolute Gasteiger partial charge is 0.339 e. The summed E-state index contributed by atoms with van der Waals surface area (Å²) < 4.78 is 0. The first-order valence-corrected chi connectivity index (χ1v) is 10.1. The number of piperidine rings is 1. The molecule has 2 N–H and O–H groups in total. The number of hydrogen-bond donors (Lipinski definition) is 1. The van der Waals surface area contributed by atoms with Crippen molar-refractivity contribution < 1.29 is 4.79 Å². The molecule has 1 aliphatic carbocycles. The predicted octanol–water partition coefficient (Wildman–Crippen LogP) is 2.39. The molecule has 142 valence electrons. The van der Waals surface area contributed by atoms with Gasteiger partial charge in [0.1, 0.15) is 0 Å². The van der Waals surface area contributed by atoms with Gasteiger partial charge >= 0.3 is 0 Å². The van der Waals surface area contributed by atoms with Gasteiger partial charge in [0, 0.05) is 43.7 Å². The van der Waals surface area contributed by atoms with Crippen molar-refractivity contribution in [2.75, 3.05) is 13.1 Å². The van der Waals surface area contributed by atoms with Gasteiger partial charge in [-0.3, -0.25) is 14.8 Å². The van der Waals surface area contributed by atoms with Gasteiger partial charge in [0.2, 0.25) is 5.91 Å². The lowest BCUT2D eigenvalue weighted by Crippen LogP contribution is -2.51. The van der Waals surface area contributed by atoms with Crippen LogP contribution in [0.25, 0.3) is 0 Å². The molecule has 0 spiro atoms. The molecule has 1 amide bonds. The molecular weight excluding hydrogens is 336 g/mol. The van der Waals surface area contributed by atoms with Crippen molar-refractivity contribution in [2.45, 2.75) is 44.6 Å². The number of benzene rings is 1. The van der Waals surface area contributed by atoms with Crippen molar-refractivity contribution >= 4 is 5.91 Å². The van der Waals surface area contributed by atoms with Crippen LogP contribution in [0.2, 0.25) is 0 Å². The van der Waals surface area contributed by atoms with Crippen LogP contribution in [0.4, 0.5) is 0 Å². The zero-order chi connectivity index (χ0) is 18.6. The van der Waals surface area contributed by atoms with Crippen LogP contribution >= 0.6 is 0 Å². The SMILES string of the molecule is NCC(Cc1ccccc1)C1CCCCN1C(=O)C1Cc2nccnc2C1. The Labute approximate surface area is 161 Å². The number of nitrogens with two attached hydrogens (primary N) is 1. The number of likely N-dealkylation sites (tertiary alicyclic amines) is 1. The highest BCUT2D eigenvalue weighted by Crippen LogP contribution is 2.31. The molecule has 2 unspecified atom stereocenters. The van der Waals surface area contributed by atoms with E-state index in [9.17, 15) is 4.79 Å². The number of rotatable bonds is 5. The summed E-state index contributed by atoms with van der Waals surface area (Å²) in [4.78, 5) is 24.3. The lowest BCUT2D eigenvalue weighted by Gasteiger charge is -2.41. The summed E-state index contributed by atoms with van der Waals surface area (Å²) in [5.74, 6) is 0.556. The van der Waals surface area contributed by atoms with Crippen LogP contribution < -0.4 is 5.73 Å². The zero-order valence-electron chi connectivity index (χ0n) is 15.8. The normalized spacial score (nSPS) is 21.1. The van der Waals surface area contributed by atoms with E-state index in [0.717, 1.165) is 50.0 Å². The lowest BCUT2D eigenvalue weighted by atomic mass is 9.85. The van der Waals surface area contributed by atoms with E-state index in [1.165, 1.54) is 12.0 Å². The van der Waals surface area contributed by atoms with Gasteiger partial charge in [-0.2, -0.15) is 0 Å². The Bertz CT molecular complexity index is 754. The molecular formula is C22H28N4O. The number of nitrogens with zero attached hydrogens (tertiary/aromatic N) is 3. The summed E-state index contributed by atoms with van der Waals surface area (Å²) in [5, 5.41) is 0. The smallest absolute Gasteiger partial charge is 0.226 e. The Morgan fingerprint density at radius 3 is 2.48 bits per heavy atom. The molecule has 1 aromatic carbocycles. The van der Waals surface area contributed by atoms with E-state index in [-0.39, 0.29) is 17.9 Å². The van der Waals surface area contributed by atoms with Gasteiger partial charge < -0.3 is 10.6 Å². The first-order valence-electron chi connectivity index (χ1n) is 10.1. The zero-order valence-corrected chi connectivity index (χ0v) is 15.8. The highest BCUT2D eigenvalue weighted by Gasteiger charge is 2.38. The maximum absolute atomic E-state index is 13.4. The van der Waals surface area contributed by atoms with Crippen LogP contribution in [0.15, 0.2) is 42.7 Å². The third-order valence-electron chi connectivity index (χ3n) is 6.11. The van der Waals surface area contributed by atoms with Crippen LogP contribution in [0, 0.1) is 11.8 Å². The summed E-state index contributed by atoms with van der Waals surface area (Å²) in [7, 11) is 0. The molecule has 1 aliphatic heterocycles. The topological polar surface area (TPSA) is 72.1 Å². The van der Waals surface area contributed by atoms with E-state index in [4.69, 9.17) is 5.73 Å². The molecule has 2 aliphatic rings. The average molecular weight is 364 g/mol. The number of hydrogen-bond acceptors (Lipinski definition) is 4. The monoisotopic (exact) mass is 364 g/mol. The molecule has 5 nitrogen and oxygen atoms in total.